The van der Waals surface area contributed by atoms with E-state index in [9.17, 15) is 14.3 Å². The molecule has 0 aliphatic carbocycles. The van der Waals surface area contributed by atoms with E-state index in [0.717, 1.165) is 55.2 Å². The first-order chi connectivity index (χ1) is 26.1. The number of nitrogens with zero attached hydrogens (tertiary/aromatic N) is 1. The SMILES string of the molecule is CCCCC/C=C\C/C=C\CCCCCCCC(=O)O[C@H](COC(c1ccccc1)(c1ccccc1)c1ccccc1)COP(=O)([O-])OCC[N+](C)(C)C. The molecule has 1 unspecified atom stereocenters. The van der Waals surface area contributed by atoms with Crippen LogP contribution in [0.2, 0.25) is 0 Å². The minimum Gasteiger partial charge on any atom is -0.756 e. The van der Waals surface area contributed by atoms with Crippen molar-refractivity contribution >= 4 is 13.8 Å². The number of quaternary nitrogens is 1. The quantitative estimate of drug-likeness (QED) is 0.0182. The molecule has 0 fully saturated rings. The maximum absolute atomic E-state index is 13.2. The lowest BCUT2D eigenvalue weighted by atomic mass is 9.80. The zero-order valence-electron chi connectivity index (χ0n) is 33.1. The molecule has 0 saturated carbocycles. The molecule has 0 aliphatic heterocycles. The maximum atomic E-state index is 13.2. The standard InChI is InChI=1S/C45H64NO7P/c1-5-6-7-8-9-10-11-12-13-14-15-16-17-18-28-35-44(47)53-43(39-52-54(48,49)51-37-36-46(2,3)4)38-50-45(40-29-22-19-23-30-40,41-31-24-20-25-32-41)42-33-26-21-27-34-42/h9-10,12-13,19-27,29-34,43H,5-8,11,14-18,28,35-39H2,1-4H3/b10-9-,13-12-/t43-/m1/s1. The summed E-state index contributed by atoms with van der Waals surface area (Å²) in [4.78, 5) is 26.0. The molecule has 3 rings (SSSR count). The predicted octanol–water partition coefficient (Wildman–Crippen LogP) is 9.93. The van der Waals surface area contributed by atoms with E-state index in [-0.39, 0.29) is 19.6 Å². The van der Waals surface area contributed by atoms with Crippen LogP contribution in [0.15, 0.2) is 115 Å². The Morgan fingerprint density at radius 2 is 1.20 bits per heavy atom. The molecule has 8 nitrogen and oxygen atoms in total. The minimum absolute atomic E-state index is 0.0306. The Kier molecular flexibility index (Phi) is 20.8. The van der Waals surface area contributed by atoms with Crippen molar-refractivity contribution < 1.29 is 37.3 Å². The van der Waals surface area contributed by atoms with Gasteiger partial charge in [-0.05, 0) is 55.2 Å². The summed E-state index contributed by atoms with van der Waals surface area (Å²) in [6.07, 6.45) is 20.1. The van der Waals surface area contributed by atoms with Crippen LogP contribution < -0.4 is 4.89 Å². The van der Waals surface area contributed by atoms with E-state index in [1.165, 1.54) is 25.7 Å². The van der Waals surface area contributed by atoms with Crippen LogP contribution in [-0.4, -0.2) is 64.1 Å². The molecule has 2 atom stereocenters. The van der Waals surface area contributed by atoms with Crippen LogP contribution in [0.4, 0.5) is 0 Å². The van der Waals surface area contributed by atoms with Gasteiger partial charge < -0.3 is 27.9 Å². The third-order valence-electron chi connectivity index (χ3n) is 9.09. The van der Waals surface area contributed by atoms with Gasteiger partial charge in [-0.3, -0.25) is 9.36 Å². The summed E-state index contributed by atoms with van der Waals surface area (Å²) < 4.78 is 36.6. The van der Waals surface area contributed by atoms with E-state index < -0.39 is 32.1 Å². The van der Waals surface area contributed by atoms with Crippen LogP contribution in [0.3, 0.4) is 0 Å². The van der Waals surface area contributed by atoms with Crippen LogP contribution in [0.5, 0.6) is 0 Å². The number of likely N-dealkylation sites (N-methyl/N-ethyl adjacent to an activating group) is 1. The Hall–Kier alpha value is -3.36. The fraction of sp³-hybridized carbons (Fsp3) is 0.489. The zero-order chi connectivity index (χ0) is 39.0. The molecular weight excluding hydrogens is 697 g/mol. The van der Waals surface area contributed by atoms with Crippen molar-refractivity contribution in [3.8, 4) is 0 Å². The molecule has 3 aromatic rings. The lowest BCUT2D eigenvalue weighted by Crippen LogP contribution is -2.39. The number of esters is 1. The van der Waals surface area contributed by atoms with Crippen molar-refractivity contribution in [2.75, 3.05) is 47.5 Å². The second-order valence-electron chi connectivity index (χ2n) is 14.8. The Labute approximate surface area is 325 Å². The highest BCUT2D eigenvalue weighted by Gasteiger charge is 2.38. The van der Waals surface area contributed by atoms with Gasteiger partial charge in [0.25, 0.3) is 7.82 Å². The number of unbranched alkanes of at least 4 members (excludes halogenated alkanes) is 8. The number of carbonyl (C=O) groups excluding carboxylic acids is 1. The van der Waals surface area contributed by atoms with Gasteiger partial charge in [-0.25, -0.2) is 0 Å². The first kappa shape index (κ1) is 45.0. The van der Waals surface area contributed by atoms with E-state index >= 15 is 0 Å². The molecule has 0 aromatic heterocycles. The third kappa shape index (κ3) is 17.4. The van der Waals surface area contributed by atoms with Crippen LogP contribution in [0.25, 0.3) is 0 Å². The minimum atomic E-state index is -4.68. The topological polar surface area (TPSA) is 94.1 Å². The maximum Gasteiger partial charge on any atom is 0.306 e. The summed E-state index contributed by atoms with van der Waals surface area (Å²) in [6.45, 7) is 2.10. The second kappa shape index (κ2) is 24.9. The molecule has 0 N–H and O–H groups in total. The first-order valence-corrected chi connectivity index (χ1v) is 21.2. The number of phosphoric ester groups is 1. The van der Waals surface area contributed by atoms with Gasteiger partial charge >= 0.3 is 5.97 Å². The van der Waals surface area contributed by atoms with E-state index in [0.29, 0.717) is 17.4 Å². The molecule has 0 spiro atoms. The summed E-state index contributed by atoms with van der Waals surface area (Å²) >= 11 is 0. The summed E-state index contributed by atoms with van der Waals surface area (Å²) in [6, 6.07) is 29.5. The Balaban J connectivity index is 1.63. The highest BCUT2D eigenvalue weighted by atomic mass is 31.2. The first-order valence-electron chi connectivity index (χ1n) is 19.8. The zero-order valence-corrected chi connectivity index (χ0v) is 34.0. The molecule has 0 amide bonds. The average molecular weight is 762 g/mol. The highest BCUT2D eigenvalue weighted by Crippen LogP contribution is 2.42. The average Bonchev–Trinajstić information content (AvgIpc) is 3.16. The van der Waals surface area contributed by atoms with Gasteiger partial charge in [0.2, 0.25) is 0 Å². The molecule has 0 saturated heterocycles. The van der Waals surface area contributed by atoms with Gasteiger partial charge in [0, 0.05) is 6.42 Å². The molecule has 0 heterocycles. The van der Waals surface area contributed by atoms with Crippen molar-refractivity contribution in [2.24, 2.45) is 0 Å². The monoisotopic (exact) mass is 761 g/mol. The van der Waals surface area contributed by atoms with E-state index in [1.807, 2.05) is 112 Å². The largest absolute Gasteiger partial charge is 0.756 e. The lowest BCUT2D eigenvalue weighted by Gasteiger charge is -2.37. The number of carbonyl (C=O) groups is 1. The van der Waals surface area contributed by atoms with Crippen molar-refractivity contribution in [3.63, 3.8) is 0 Å². The van der Waals surface area contributed by atoms with Crippen molar-refractivity contribution in [2.45, 2.75) is 95.7 Å². The smallest absolute Gasteiger partial charge is 0.306 e. The van der Waals surface area contributed by atoms with Crippen molar-refractivity contribution in [3.05, 3.63) is 132 Å². The van der Waals surface area contributed by atoms with Gasteiger partial charge in [0.05, 0.1) is 34.4 Å². The van der Waals surface area contributed by atoms with Gasteiger partial charge in [-0.15, -0.1) is 0 Å². The van der Waals surface area contributed by atoms with Crippen LogP contribution in [0.1, 0.15) is 101 Å². The number of hydrogen-bond acceptors (Lipinski definition) is 7. The summed E-state index contributed by atoms with van der Waals surface area (Å²) in [7, 11) is 1.15. The van der Waals surface area contributed by atoms with Gasteiger partial charge in [-0.2, -0.15) is 0 Å². The molecule has 54 heavy (non-hydrogen) atoms. The van der Waals surface area contributed by atoms with Gasteiger partial charge in [0.1, 0.15) is 24.9 Å². The Bertz CT molecular complexity index is 1440. The molecule has 3 aromatic carbocycles. The van der Waals surface area contributed by atoms with E-state index in [4.69, 9.17) is 18.5 Å². The molecule has 0 bridgehead atoms. The summed E-state index contributed by atoms with van der Waals surface area (Å²) in [5.41, 5.74) is 1.53. The summed E-state index contributed by atoms with van der Waals surface area (Å²) in [5.74, 6) is -0.422. The van der Waals surface area contributed by atoms with Crippen LogP contribution in [-0.2, 0) is 33.5 Å². The van der Waals surface area contributed by atoms with E-state index in [1.54, 1.807) is 0 Å². The lowest BCUT2D eigenvalue weighted by molar-refractivity contribution is -0.870. The second-order valence-corrected chi connectivity index (χ2v) is 16.2. The number of rotatable bonds is 28. The van der Waals surface area contributed by atoms with Crippen LogP contribution in [0, 0.1) is 0 Å². The number of ether oxygens (including phenoxy) is 2. The van der Waals surface area contributed by atoms with Gasteiger partial charge in [-0.1, -0.05) is 154 Å². The Morgan fingerprint density at radius 1 is 0.704 bits per heavy atom. The molecular formula is C45H64NO7P. The molecule has 9 heteroatoms. The fourth-order valence-corrected chi connectivity index (χ4v) is 6.80. The van der Waals surface area contributed by atoms with Crippen LogP contribution >= 0.6 is 7.82 Å². The molecule has 0 aliphatic rings. The molecule has 296 valence electrons. The summed E-state index contributed by atoms with van der Waals surface area (Å²) in [5, 5.41) is 0. The van der Waals surface area contributed by atoms with E-state index in [2.05, 4.69) is 31.2 Å². The number of benzene rings is 3. The van der Waals surface area contributed by atoms with Gasteiger partial charge in [0.15, 0.2) is 0 Å². The Morgan fingerprint density at radius 3 is 1.72 bits per heavy atom. The fourth-order valence-electron chi connectivity index (χ4n) is 6.07. The van der Waals surface area contributed by atoms with Crippen molar-refractivity contribution in [1.82, 2.24) is 0 Å². The highest BCUT2D eigenvalue weighted by molar-refractivity contribution is 7.45. The number of allylic oxidation sites excluding steroid dienone is 4. The third-order valence-corrected chi connectivity index (χ3v) is 10.1. The number of phosphoric acid groups is 1. The van der Waals surface area contributed by atoms with Crippen molar-refractivity contribution in [1.29, 1.82) is 0 Å². The molecule has 0 radical (unpaired) electrons. The normalized spacial score (nSPS) is 14.0. The number of hydrogen-bond donors (Lipinski definition) is 0. The predicted molar refractivity (Wildman–Crippen MR) is 217 cm³/mol.